The molecule has 2 rings (SSSR count). The van der Waals surface area contributed by atoms with Crippen LogP contribution in [0, 0.1) is 5.82 Å². The molecule has 0 bridgehead atoms. The van der Waals surface area contributed by atoms with Gasteiger partial charge in [0.25, 0.3) is 0 Å². The monoisotopic (exact) mass is 245 g/mol. The summed E-state index contributed by atoms with van der Waals surface area (Å²) in [6.45, 7) is 1.43. The van der Waals surface area contributed by atoms with Gasteiger partial charge >= 0.3 is 0 Å². The minimum atomic E-state index is -0.656. The largest absolute Gasteiger partial charge is 0.505 e. The fourth-order valence-corrected chi connectivity index (χ4v) is 1.67. The minimum absolute atomic E-state index is 0.158. The van der Waals surface area contributed by atoms with Gasteiger partial charge in [-0.25, -0.2) is 4.39 Å². The van der Waals surface area contributed by atoms with E-state index in [9.17, 15) is 14.3 Å². The second-order valence-electron chi connectivity index (χ2n) is 3.93. The van der Waals surface area contributed by atoms with Crippen LogP contribution in [0.15, 0.2) is 42.5 Å². The Morgan fingerprint density at radius 2 is 1.89 bits per heavy atom. The first kappa shape index (κ1) is 12.1. The van der Waals surface area contributed by atoms with Crippen LogP contribution in [0.1, 0.15) is 6.92 Å². The third-order valence-electron chi connectivity index (χ3n) is 2.46. The van der Waals surface area contributed by atoms with Crippen molar-refractivity contribution in [3.05, 3.63) is 48.3 Å². The lowest BCUT2D eigenvalue weighted by Crippen LogP contribution is -2.05. The Bertz CT molecular complexity index is 596. The highest BCUT2D eigenvalue weighted by atomic mass is 19.1. The summed E-state index contributed by atoms with van der Waals surface area (Å²) in [5.41, 5.74) is 2.13. The first-order valence-electron chi connectivity index (χ1n) is 5.43. The summed E-state index contributed by atoms with van der Waals surface area (Å²) in [4.78, 5) is 11.0. The van der Waals surface area contributed by atoms with Gasteiger partial charge in [-0.3, -0.25) is 4.79 Å². The summed E-state index contributed by atoms with van der Waals surface area (Å²) in [5, 5.41) is 12.0. The third-order valence-corrected chi connectivity index (χ3v) is 2.46. The van der Waals surface area contributed by atoms with Crippen molar-refractivity contribution in [2.45, 2.75) is 6.92 Å². The van der Waals surface area contributed by atoms with E-state index in [0.29, 0.717) is 11.3 Å². The van der Waals surface area contributed by atoms with Gasteiger partial charge in [-0.05, 0) is 35.4 Å². The van der Waals surface area contributed by atoms with Gasteiger partial charge in [-0.2, -0.15) is 0 Å². The summed E-state index contributed by atoms with van der Waals surface area (Å²) in [6, 6.07) is 11.2. The van der Waals surface area contributed by atoms with Crippen molar-refractivity contribution in [2.75, 3.05) is 5.32 Å². The summed E-state index contributed by atoms with van der Waals surface area (Å²) >= 11 is 0. The number of carbonyl (C=O) groups excluding carboxylic acids is 1. The van der Waals surface area contributed by atoms with E-state index in [1.165, 1.54) is 19.1 Å². The lowest BCUT2D eigenvalue weighted by atomic mass is 10.0. The Kier molecular flexibility index (Phi) is 3.28. The highest BCUT2D eigenvalue weighted by Crippen LogP contribution is 2.27. The molecule has 0 aliphatic rings. The zero-order valence-corrected chi connectivity index (χ0v) is 9.77. The number of amides is 1. The normalized spacial score (nSPS) is 10.1. The molecule has 0 aliphatic carbocycles. The van der Waals surface area contributed by atoms with Crippen LogP contribution < -0.4 is 5.32 Å². The quantitative estimate of drug-likeness (QED) is 0.853. The van der Waals surface area contributed by atoms with Crippen LogP contribution in [0.25, 0.3) is 11.1 Å². The first-order chi connectivity index (χ1) is 8.56. The van der Waals surface area contributed by atoms with E-state index >= 15 is 0 Å². The molecule has 3 nitrogen and oxygen atoms in total. The van der Waals surface area contributed by atoms with Crippen molar-refractivity contribution in [1.82, 2.24) is 0 Å². The number of anilines is 1. The molecule has 2 aromatic rings. The van der Waals surface area contributed by atoms with E-state index < -0.39 is 11.6 Å². The average Bonchev–Trinajstić information content (AvgIpc) is 2.32. The predicted molar refractivity (Wildman–Crippen MR) is 67.8 cm³/mol. The Morgan fingerprint density at radius 1 is 1.17 bits per heavy atom. The first-order valence-corrected chi connectivity index (χ1v) is 5.43. The van der Waals surface area contributed by atoms with Gasteiger partial charge < -0.3 is 10.4 Å². The van der Waals surface area contributed by atoms with Crippen molar-refractivity contribution < 1.29 is 14.3 Å². The molecule has 92 valence electrons. The summed E-state index contributed by atoms with van der Waals surface area (Å²) in [7, 11) is 0. The van der Waals surface area contributed by atoms with Crippen molar-refractivity contribution in [3.63, 3.8) is 0 Å². The second kappa shape index (κ2) is 4.87. The number of carbonyl (C=O) groups is 1. The highest BCUT2D eigenvalue weighted by molar-refractivity contribution is 5.89. The molecule has 0 heterocycles. The van der Waals surface area contributed by atoms with Crippen LogP contribution in [0.2, 0.25) is 0 Å². The van der Waals surface area contributed by atoms with E-state index in [2.05, 4.69) is 5.32 Å². The molecule has 0 spiro atoms. The van der Waals surface area contributed by atoms with Gasteiger partial charge in [0.05, 0.1) is 0 Å². The van der Waals surface area contributed by atoms with E-state index in [1.54, 1.807) is 24.3 Å². The Balaban J connectivity index is 2.38. The lowest BCUT2D eigenvalue weighted by molar-refractivity contribution is -0.114. The van der Waals surface area contributed by atoms with Gasteiger partial charge in [-0.1, -0.05) is 18.2 Å². The Morgan fingerprint density at radius 3 is 2.56 bits per heavy atom. The van der Waals surface area contributed by atoms with Gasteiger partial charge in [0, 0.05) is 12.6 Å². The van der Waals surface area contributed by atoms with Crippen molar-refractivity contribution in [1.29, 1.82) is 0 Å². The summed E-state index contributed by atoms with van der Waals surface area (Å²) in [5.74, 6) is -1.21. The average molecular weight is 245 g/mol. The summed E-state index contributed by atoms with van der Waals surface area (Å²) < 4.78 is 13.0. The second-order valence-corrected chi connectivity index (χ2v) is 3.93. The Hall–Kier alpha value is -2.36. The molecule has 1 amide bonds. The number of benzene rings is 2. The molecule has 0 saturated heterocycles. The SMILES string of the molecule is CC(=O)Nc1cccc(-c2ccc(F)c(O)c2)c1. The van der Waals surface area contributed by atoms with Crippen molar-refractivity contribution in [2.24, 2.45) is 0 Å². The highest BCUT2D eigenvalue weighted by Gasteiger charge is 2.04. The van der Waals surface area contributed by atoms with Gasteiger partial charge in [0.2, 0.25) is 5.91 Å². The zero-order chi connectivity index (χ0) is 13.1. The Labute approximate surface area is 104 Å². The number of hydrogen-bond acceptors (Lipinski definition) is 2. The van der Waals surface area contributed by atoms with Crippen LogP contribution in [-0.4, -0.2) is 11.0 Å². The number of phenolic OH excluding ortho intramolecular Hbond substituents is 1. The molecule has 0 radical (unpaired) electrons. The van der Waals surface area contributed by atoms with Crippen LogP contribution in [0.3, 0.4) is 0 Å². The number of halogens is 1. The molecule has 4 heteroatoms. The van der Waals surface area contributed by atoms with Crippen molar-refractivity contribution in [3.8, 4) is 16.9 Å². The van der Waals surface area contributed by atoms with E-state index in [0.717, 1.165) is 5.56 Å². The molecule has 2 N–H and O–H groups in total. The summed E-state index contributed by atoms with van der Waals surface area (Å²) in [6.07, 6.45) is 0. The number of aromatic hydroxyl groups is 1. The number of nitrogens with one attached hydrogen (secondary N) is 1. The number of phenols is 1. The molecule has 18 heavy (non-hydrogen) atoms. The number of rotatable bonds is 2. The van der Waals surface area contributed by atoms with E-state index in [4.69, 9.17) is 0 Å². The van der Waals surface area contributed by atoms with Crippen LogP contribution in [-0.2, 0) is 4.79 Å². The third kappa shape index (κ3) is 2.66. The standard InChI is InChI=1S/C14H12FNO2/c1-9(17)16-12-4-2-3-10(7-12)11-5-6-13(15)14(18)8-11/h2-8,18H,1H3,(H,16,17). The topological polar surface area (TPSA) is 49.3 Å². The lowest BCUT2D eigenvalue weighted by Gasteiger charge is -2.06. The molecule has 2 aromatic carbocycles. The van der Waals surface area contributed by atoms with Gasteiger partial charge in [0.15, 0.2) is 11.6 Å². The molecule has 0 aliphatic heterocycles. The molecule has 0 saturated carbocycles. The van der Waals surface area contributed by atoms with E-state index in [1.807, 2.05) is 6.07 Å². The molecule has 0 atom stereocenters. The van der Waals surface area contributed by atoms with Gasteiger partial charge in [0.1, 0.15) is 0 Å². The number of hydrogen-bond donors (Lipinski definition) is 2. The minimum Gasteiger partial charge on any atom is -0.505 e. The van der Waals surface area contributed by atoms with Crippen LogP contribution in [0.4, 0.5) is 10.1 Å². The fourth-order valence-electron chi connectivity index (χ4n) is 1.67. The van der Waals surface area contributed by atoms with Crippen LogP contribution in [0.5, 0.6) is 5.75 Å². The smallest absolute Gasteiger partial charge is 0.221 e. The van der Waals surface area contributed by atoms with Gasteiger partial charge in [-0.15, -0.1) is 0 Å². The predicted octanol–water partition coefficient (Wildman–Crippen LogP) is 3.16. The maximum absolute atomic E-state index is 13.0. The van der Waals surface area contributed by atoms with Crippen LogP contribution >= 0.6 is 0 Å². The molecule has 0 fully saturated rings. The molecular weight excluding hydrogens is 233 g/mol. The molecule has 0 aromatic heterocycles. The van der Waals surface area contributed by atoms with E-state index in [-0.39, 0.29) is 5.91 Å². The fraction of sp³-hybridized carbons (Fsp3) is 0.0714. The molecular formula is C14H12FNO2. The maximum atomic E-state index is 13.0. The maximum Gasteiger partial charge on any atom is 0.221 e. The zero-order valence-electron chi connectivity index (χ0n) is 9.77. The molecule has 0 unspecified atom stereocenters. The van der Waals surface area contributed by atoms with Crippen molar-refractivity contribution >= 4 is 11.6 Å².